The number of halogens is 1. The van der Waals surface area contributed by atoms with Gasteiger partial charge in [-0.15, -0.1) is 0 Å². The number of benzene rings is 2. The zero-order valence-corrected chi connectivity index (χ0v) is 18.2. The van der Waals surface area contributed by atoms with E-state index >= 15 is 0 Å². The number of thiazole rings is 1. The van der Waals surface area contributed by atoms with Crippen LogP contribution < -0.4 is 9.64 Å². The van der Waals surface area contributed by atoms with Crippen LogP contribution in [-0.2, 0) is 9.53 Å². The van der Waals surface area contributed by atoms with Gasteiger partial charge in [0.15, 0.2) is 11.7 Å². The van der Waals surface area contributed by atoms with Crippen molar-refractivity contribution in [1.82, 2.24) is 9.88 Å². The van der Waals surface area contributed by atoms with Crippen LogP contribution in [0.25, 0.3) is 10.2 Å². The number of carbonyl (C=O) groups excluding carboxylic acids is 1. The first-order valence-electron chi connectivity index (χ1n) is 10.0. The van der Waals surface area contributed by atoms with E-state index in [1.807, 2.05) is 24.3 Å². The van der Waals surface area contributed by atoms with Crippen molar-refractivity contribution in [2.24, 2.45) is 0 Å². The molecule has 3 aromatic rings. The molecular formula is C22H24ClN3O3S. The number of hydrogen-bond donors (Lipinski definition) is 0. The highest BCUT2D eigenvalue weighted by molar-refractivity contribution is 7.22. The Labute approximate surface area is 185 Å². The Morgan fingerprint density at radius 3 is 2.70 bits per heavy atom. The molecule has 2 aromatic carbocycles. The molecule has 158 valence electrons. The van der Waals surface area contributed by atoms with Gasteiger partial charge in [-0.25, -0.2) is 4.98 Å². The van der Waals surface area contributed by atoms with E-state index in [9.17, 15) is 4.79 Å². The Morgan fingerprint density at radius 2 is 1.93 bits per heavy atom. The zero-order valence-electron chi connectivity index (χ0n) is 16.6. The maximum Gasteiger partial charge on any atom is 0.266 e. The maximum atomic E-state index is 13.1. The van der Waals surface area contributed by atoms with Crippen molar-refractivity contribution in [2.75, 3.05) is 50.9 Å². The Hall–Kier alpha value is -2.19. The Balaban J connectivity index is 1.43. The number of fused-ring (bicyclic) bond motifs is 1. The van der Waals surface area contributed by atoms with Gasteiger partial charge in [-0.05, 0) is 42.8 Å². The van der Waals surface area contributed by atoms with E-state index < -0.39 is 0 Å². The van der Waals surface area contributed by atoms with Crippen LogP contribution in [0.2, 0.25) is 5.02 Å². The number of morpholine rings is 1. The largest absolute Gasteiger partial charge is 0.484 e. The zero-order chi connectivity index (χ0) is 20.8. The van der Waals surface area contributed by atoms with Gasteiger partial charge in [0.2, 0.25) is 0 Å². The summed E-state index contributed by atoms with van der Waals surface area (Å²) >= 11 is 7.45. The third-order valence-electron chi connectivity index (χ3n) is 4.95. The van der Waals surface area contributed by atoms with Crippen LogP contribution in [0, 0.1) is 0 Å². The normalized spacial score (nSPS) is 14.7. The lowest BCUT2D eigenvalue weighted by molar-refractivity contribution is -0.120. The third kappa shape index (κ3) is 5.49. The van der Waals surface area contributed by atoms with Crippen molar-refractivity contribution in [2.45, 2.75) is 6.42 Å². The average Bonchev–Trinajstić information content (AvgIpc) is 3.20. The summed E-state index contributed by atoms with van der Waals surface area (Å²) < 4.78 is 12.2. The molecule has 8 heteroatoms. The lowest BCUT2D eigenvalue weighted by atomic mass is 10.3. The van der Waals surface area contributed by atoms with Crippen molar-refractivity contribution < 1.29 is 14.3 Å². The molecule has 0 saturated carbocycles. The maximum absolute atomic E-state index is 13.1. The van der Waals surface area contributed by atoms with E-state index in [0.29, 0.717) is 22.4 Å². The van der Waals surface area contributed by atoms with Crippen LogP contribution in [0.15, 0.2) is 48.5 Å². The minimum atomic E-state index is -0.106. The molecule has 0 spiro atoms. The fraction of sp³-hybridized carbons (Fsp3) is 0.364. The van der Waals surface area contributed by atoms with Crippen LogP contribution in [0.3, 0.4) is 0 Å². The molecule has 30 heavy (non-hydrogen) atoms. The van der Waals surface area contributed by atoms with Crippen LogP contribution >= 0.6 is 22.9 Å². The molecule has 1 fully saturated rings. The first-order valence-corrected chi connectivity index (χ1v) is 11.2. The number of hydrogen-bond acceptors (Lipinski definition) is 6. The Kier molecular flexibility index (Phi) is 7.17. The highest BCUT2D eigenvalue weighted by Crippen LogP contribution is 2.29. The van der Waals surface area contributed by atoms with E-state index in [1.165, 1.54) is 11.3 Å². The summed E-state index contributed by atoms with van der Waals surface area (Å²) in [7, 11) is 0. The van der Waals surface area contributed by atoms with Crippen LogP contribution in [0.4, 0.5) is 5.13 Å². The van der Waals surface area contributed by atoms with Crippen molar-refractivity contribution in [3.8, 4) is 5.75 Å². The van der Waals surface area contributed by atoms with Gasteiger partial charge in [-0.3, -0.25) is 14.6 Å². The molecule has 1 saturated heterocycles. The SMILES string of the molecule is O=C(COc1ccc(Cl)cc1)N(CCCN1CCOCC1)c1nc2ccccc2s1. The van der Waals surface area contributed by atoms with Gasteiger partial charge < -0.3 is 9.47 Å². The molecular weight excluding hydrogens is 422 g/mol. The number of amides is 1. The van der Waals surface area contributed by atoms with E-state index in [4.69, 9.17) is 21.1 Å². The van der Waals surface area contributed by atoms with Gasteiger partial charge in [0.05, 0.1) is 23.4 Å². The molecule has 0 N–H and O–H groups in total. The Bertz CT molecular complexity index is 940. The summed E-state index contributed by atoms with van der Waals surface area (Å²) in [5.74, 6) is 0.510. The number of aromatic nitrogens is 1. The highest BCUT2D eigenvalue weighted by Gasteiger charge is 2.21. The van der Waals surface area contributed by atoms with Crippen molar-refractivity contribution in [3.63, 3.8) is 0 Å². The van der Waals surface area contributed by atoms with Crippen molar-refractivity contribution in [1.29, 1.82) is 0 Å². The summed E-state index contributed by atoms with van der Waals surface area (Å²) in [6.07, 6.45) is 0.864. The second-order valence-electron chi connectivity index (χ2n) is 7.06. The van der Waals surface area contributed by atoms with E-state index in [0.717, 1.165) is 49.5 Å². The average molecular weight is 446 g/mol. The first kappa shape index (κ1) is 21.1. The van der Waals surface area contributed by atoms with Gasteiger partial charge in [0.1, 0.15) is 5.75 Å². The van der Waals surface area contributed by atoms with Gasteiger partial charge in [-0.1, -0.05) is 35.1 Å². The minimum absolute atomic E-state index is 0.0465. The number of nitrogens with zero attached hydrogens (tertiary/aromatic N) is 3. The topological polar surface area (TPSA) is 54.9 Å². The van der Waals surface area contributed by atoms with Crippen LogP contribution in [0.5, 0.6) is 5.75 Å². The monoisotopic (exact) mass is 445 g/mol. The summed E-state index contributed by atoms with van der Waals surface area (Å²) in [5, 5.41) is 1.34. The quantitative estimate of drug-likeness (QED) is 0.522. The fourth-order valence-corrected chi connectivity index (χ4v) is 4.47. The lowest BCUT2D eigenvalue weighted by Gasteiger charge is -2.27. The van der Waals surface area contributed by atoms with E-state index in [2.05, 4.69) is 9.88 Å². The summed E-state index contributed by atoms with van der Waals surface area (Å²) in [5.41, 5.74) is 0.905. The molecule has 0 atom stereocenters. The number of ether oxygens (including phenoxy) is 2. The van der Waals surface area contributed by atoms with E-state index in [-0.39, 0.29) is 12.5 Å². The number of carbonyl (C=O) groups is 1. The lowest BCUT2D eigenvalue weighted by Crippen LogP contribution is -2.40. The van der Waals surface area contributed by atoms with Gasteiger partial charge in [0.25, 0.3) is 5.91 Å². The molecule has 0 bridgehead atoms. The van der Waals surface area contributed by atoms with Crippen molar-refractivity contribution in [3.05, 3.63) is 53.6 Å². The standard InChI is InChI=1S/C22H24ClN3O3S/c23-17-6-8-18(9-7-17)29-16-21(27)26(11-3-10-25-12-14-28-15-13-25)22-24-19-4-1-2-5-20(19)30-22/h1-2,4-9H,3,10-16H2. The summed E-state index contributed by atoms with van der Waals surface area (Å²) in [6, 6.07) is 14.9. The second kappa shape index (κ2) is 10.2. The smallest absolute Gasteiger partial charge is 0.266 e. The molecule has 1 amide bonds. The molecule has 2 heterocycles. The summed E-state index contributed by atoms with van der Waals surface area (Å²) in [4.78, 5) is 21.9. The molecule has 1 aromatic heterocycles. The molecule has 6 nitrogen and oxygen atoms in total. The third-order valence-corrected chi connectivity index (χ3v) is 6.26. The van der Waals surface area contributed by atoms with Crippen LogP contribution in [0.1, 0.15) is 6.42 Å². The predicted octanol–water partition coefficient (Wildman–Crippen LogP) is 4.08. The van der Waals surface area contributed by atoms with Gasteiger partial charge in [0, 0.05) is 31.2 Å². The molecule has 0 radical (unpaired) electrons. The Morgan fingerprint density at radius 1 is 1.17 bits per heavy atom. The number of para-hydroxylation sites is 1. The predicted molar refractivity (Wildman–Crippen MR) is 121 cm³/mol. The summed E-state index contributed by atoms with van der Waals surface area (Å²) in [6.45, 7) is 4.90. The van der Waals surface area contributed by atoms with Gasteiger partial charge in [-0.2, -0.15) is 0 Å². The molecule has 1 aliphatic heterocycles. The molecule has 0 unspecified atom stereocenters. The van der Waals surface area contributed by atoms with E-state index in [1.54, 1.807) is 29.2 Å². The first-order chi connectivity index (χ1) is 14.7. The van der Waals surface area contributed by atoms with Gasteiger partial charge >= 0.3 is 0 Å². The number of rotatable bonds is 8. The highest BCUT2D eigenvalue weighted by atomic mass is 35.5. The molecule has 1 aliphatic rings. The molecule has 4 rings (SSSR count). The van der Waals surface area contributed by atoms with Crippen molar-refractivity contribution >= 4 is 44.2 Å². The molecule has 0 aliphatic carbocycles. The van der Waals surface area contributed by atoms with Crippen LogP contribution in [-0.4, -0.2) is 61.8 Å². The minimum Gasteiger partial charge on any atom is -0.484 e. The number of anilines is 1. The second-order valence-corrected chi connectivity index (χ2v) is 8.51. The fourth-order valence-electron chi connectivity index (χ4n) is 3.33.